The molecule has 154 valence electrons. The third kappa shape index (κ3) is 5.46. The third-order valence-electron chi connectivity index (χ3n) is 4.36. The van der Waals surface area contributed by atoms with Crippen molar-refractivity contribution < 1.29 is 13.9 Å². The van der Waals surface area contributed by atoms with E-state index in [2.05, 4.69) is 34.3 Å². The van der Waals surface area contributed by atoms with Gasteiger partial charge in [-0.05, 0) is 57.7 Å². The summed E-state index contributed by atoms with van der Waals surface area (Å²) in [6, 6.07) is 8.07. The van der Waals surface area contributed by atoms with E-state index in [9.17, 15) is 4.39 Å². The maximum Gasteiger partial charge on any atom is 0.163 e. The van der Waals surface area contributed by atoms with Crippen molar-refractivity contribution in [3.05, 3.63) is 47.5 Å². The summed E-state index contributed by atoms with van der Waals surface area (Å²) in [5.41, 5.74) is 1.33. The number of unbranched alkanes of at least 4 members (excludes halogenated alkanes) is 1. The Morgan fingerprint density at radius 3 is 2.66 bits per heavy atom. The number of rotatable bonds is 9. The van der Waals surface area contributed by atoms with E-state index in [0.29, 0.717) is 35.1 Å². The molecular formula is C21H24ClFN4O2. The van der Waals surface area contributed by atoms with Crippen molar-refractivity contribution in [2.24, 2.45) is 0 Å². The lowest BCUT2D eigenvalue weighted by molar-refractivity contribution is 0.277. The van der Waals surface area contributed by atoms with Gasteiger partial charge in [0.2, 0.25) is 0 Å². The number of benzene rings is 2. The Balaban J connectivity index is 1.81. The molecule has 3 aromatic rings. The Kier molecular flexibility index (Phi) is 7.06. The zero-order valence-electron chi connectivity index (χ0n) is 16.7. The molecule has 0 aliphatic rings. The lowest BCUT2D eigenvalue weighted by Gasteiger charge is -2.14. The number of halogens is 2. The second-order valence-corrected chi connectivity index (χ2v) is 7.26. The summed E-state index contributed by atoms with van der Waals surface area (Å²) in [4.78, 5) is 10.8. The summed E-state index contributed by atoms with van der Waals surface area (Å²) in [6.07, 6.45) is 3.46. The normalized spacial score (nSPS) is 11.1. The van der Waals surface area contributed by atoms with Gasteiger partial charge in [-0.15, -0.1) is 0 Å². The topological polar surface area (TPSA) is 59.5 Å². The molecule has 1 N–H and O–H groups in total. The second-order valence-electron chi connectivity index (χ2n) is 6.86. The van der Waals surface area contributed by atoms with Crippen LogP contribution in [0.4, 0.5) is 15.9 Å². The van der Waals surface area contributed by atoms with Crippen molar-refractivity contribution in [1.29, 1.82) is 0 Å². The molecule has 29 heavy (non-hydrogen) atoms. The monoisotopic (exact) mass is 418 g/mol. The molecule has 2 aromatic carbocycles. The summed E-state index contributed by atoms with van der Waals surface area (Å²) in [6.45, 7) is 1.62. The van der Waals surface area contributed by atoms with Crippen molar-refractivity contribution in [3.8, 4) is 11.5 Å². The highest BCUT2D eigenvalue weighted by Crippen LogP contribution is 2.35. The van der Waals surface area contributed by atoms with E-state index < -0.39 is 5.82 Å². The largest absolute Gasteiger partial charge is 0.493 e. The van der Waals surface area contributed by atoms with Crippen molar-refractivity contribution >= 4 is 34.0 Å². The van der Waals surface area contributed by atoms with E-state index >= 15 is 0 Å². The first kappa shape index (κ1) is 21.1. The first-order valence-electron chi connectivity index (χ1n) is 9.30. The molecule has 0 saturated carbocycles. The van der Waals surface area contributed by atoms with E-state index in [1.807, 2.05) is 12.1 Å². The number of hydrogen-bond donors (Lipinski definition) is 1. The van der Waals surface area contributed by atoms with Crippen molar-refractivity contribution in [1.82, 2.24) is 14.9 Å². The highest BCUT2D eigenvalue weighted by Gasteiger charge is 2.12. The van der Waals surface area contributed by atoms with Gasteiger partial charge in [0.15, 0.2) is 11.5 Å². The van der Waals surface area contributed by atoms with Gasteiger partial charge in [0.1, 0.15) is 18.0 Å². The minimum atomic E-state index is -0.473. The van der Waals surface area contributed by atoms with Crippen LogP contribution in [0.3, 0.4) is 0 Å². The van der Waals surface area contributed by atoms with Gasteiger partial charge >= 0.3 is 0 Å². The molecule has 8 heteroatoms. The van der Waals surface area contributed by atoms with Gasteiger partial charge in [-0.25, -0.2) is 14.4 Å². The van der Waals surface area contributed by atoms with Gasteiger partial charge < -0.3 is 19.7 Å². The van der Waals surface area contributed by atoms with Crippen molar-refractivity contribution in [3.63, 3.8) is 0 Å². The maximum atomic E-state index is 13.4. The number of hydrogen-bond acceptors (Lipinski definition) is 6. The van der Waals surface area contributed by atoms with Crippen LogP contribution in [-0.4, -0.2) is 49.2 Å². The van der Waals surface area contributed by atoms with Crippen molar-refractivity contribution in [2.75, 3.05) is 39.7 Å². The zero-order valence-corrected chi connectivity index (χ0v) is 17.5. The number of nitrogens with zero attached hydrogens (tertiary/aromatic N) is 3. The van der Waals surface area contributed by atoms with Crippen LogP contribution in [0.15, 0.2) is 36.7 Å². The number of nitrogens with one attached hydrogen (secondary N) is 1. The smallest absolute Gasteiger partial charge is 0.163 e. The van der Waals surface area contributed by atoms with Gasteiger partial charge in [0, 0.05) is 17.1 Å². The minimum absolute atomic E-state index is 0.0379. The van der Waals surface area contributed by atoms with Crippen LogP contribution in [0, 0.1) is 5.82 Å². The van der Waals surface area contributed by atoms with Gasteiger partial charge in [0.05, 0.1) is 24.3 Å². The molecule has 0 fully saturated rings. The molecule has 0 saturated heterocycles. The Labute approximate surface area is 174 Å². The Morgan fingerprint density at radius 1 is 1.10 bits per heavy atom. The molecule has 0 unspecified atom stereocenters. The van der Waals surface area contributed by atoms with Gasteiger partial charge in [-0.3, -0.25) is 0 Å². The molecule has 1 aromatic heterocycles. The minimum Gasteiger partial charge on any atom is -0.493 e. The third-order valence-corrected chi connectivity index (χ3v) is 4.65. The van der Waals surface area contributed by atoms with E-state index in [1.54, 1.807) is 13.2 Å². The maximum absolute atomic E-state index is 13.4. The summed E-state index contributed by atoms with van der Waals surface area (Å²) in [7, 11) is 5.70. The van der Waals surface area contributed by atoms with Gasteiger partial charge in [-0.2, -0.15) is 0 Å². The number of anilines is 2. The zero-order chi connectivity index (χ0) is 20.8. The highest BCUT2D eigenvalue weighted by molar-refractivity contribution is 6.31. The summed E-state index contributed by atoms with van der Waals surface area (Å²) in [5, 5.41) is 3.95. The Bertz CT molecular complexity index is 984. The molecule has 3 rings (SSSR count). The second kappa shape index (κ2) is 9.71. The van der Waals surface area contributed by atoms with E-state index in [1.165, 1.54) is 18.5 Å². The first-order valence-corrected chi connectivity index (χ1v) is 9.68. The standard InChI is InChI=1S/C21H24ClFN4O2/c1-27(2)8-4-5-9-29-20-12-18-15(11-19(20)28-3)21(25-13-24-18)26-14-6-7-17(23)16(22)10-14/h6-7,10-13H,4-5,8-9H2,1-3H3,(H,24,25,26). The molecule has 0 bridgehead atoms. The van der Waals surface area contributed by atoms with Crippen LogP contribution in [-0.2, 0) is 0 Å². The average Bonchev–Trinajstić information content (AvgIpc) is 2.70. The fourth-order valence-corrected chi connectivity index (χ4v) is 3.04. The van der Waals surface area contributed by atoms with E-state index in [0.717, 1.165) is 24.8 Å². The van der Waals surface area contributed by atoms with Crippen LogP contribution < -0.4 is 14.8 Å². The Morgan fingerprint density at radius 2 is 1.93 bits per heavy atom. The molecule has 0 aliphatic carbocycles. The van der Waals surface area contributed by atoms with E-state index in [4.69, 9.17) is 21.1 Å². The van der Waals surface area contributed by atoms with Crippen LogP contribution in [0.2, 0.25) is 5.02 Å². The average molecular weight is 419 g/mol. The first-order chi connectivity index (χ1) is 14.0. The number of ether oxygens (including phenoxy) is 2. The number of methoxy groups -OCH3 is 1. The molecule has 0 radical (unpaired) electrons. The lowest BCUT2D eigenvalue weighted by atomic mass is 10.2. The molecule has 0 amide bonds. The molecule has 0 atom stereocenters. The fourth-order valence-electron chi connectivity index (χ4n) is 2.86. The molecule has 6 nitrogen and oxygen atoms in total. The van der Waals surface area contributed by atoms with Crippen molar-refractivity contribution in [2.45, 2.75) is 12.8 Å². The number of aromatic nitrogens is 2. The van der Waals surface area contributed by atoms with E-state index in [-0.39, 0.29) is 5.02 Å². The predicted molar refractivity (Wildman–Crippen MR) is 114 cm³/mol. The Hall–Kier alpha value is -2.64. The summed E-state index contributed by atoms with van der Waals surface area (Å²) in [5.74, 6) is 1.33. The lowest BCUT2D eigenvalue weighted by Crippen LogP contribution is -2.13. The summed E-state index contributed by atoms with van der Waals surface area (Å²) >= 11 is 5.87. The quantitative estimate of drug-likeness (QED) is 0.499. The summed E-state index contributed by atoms with van der Waals surface area (Å²) < 4.78 is 24.8. The molecule has 1 heterocycles. The molecule has 0 spiro atoms. The predicted octanol–water partition coefficient (Wildman–Crippen LogP) is 4.90. The van der Waals surface area contributed by atoms with Crippen LogP contribution in [0.1, 0.15) is 12.8 Å². The SMILES string of the molecule is COc1cc2c(Nc3ccc(F)c(Cl)c3)ncnc2cc1OCCCCN(C)C. The molecular weight excluding hydrogens is 395 g/mol. The fraction of sp³-hybridized carbons (Fsp3) is 0.333. The highest BCUT2D eigenvalue weighted by atomic mass is 35.5. The van der Waals surface area contributed by atoms with Crippen LogP contribution >= 0.6 is 11.6 Å². The van der Waals surface area contributed by atoms with Gasteiger partial charge in [0.25, 0.3) is 0 Å². The van der Waals surface area contributed by atoms with Crippen LogP contribution in [0.5, 0.6) is 11.5 Å². The van der Waals surface area contributed by atoms with Gasteiger partial charge in [-0.1, -0.05) is 11.6 Å². The van der Waals surface area contributed by atoms with Crippen LogP contribution in [0.25, 0.3) is 10.9 Å². The number of fused-ring (bicyclic) bond motifs is 1. The molecule has 0 aliphatic heterocycles.